The number of hydrogen-bond donors (Lipinski definition) is 1. The molecule has 0 radical (unpaired) electrons. The Morgan fingerprint density at radius 2 is 1.81 bits per heavy atom. The molecule has 0 spiro atoms. The first-order valence-electron chi connectivity index (χ1n) is 11.5. The molecule has 2 aromatic carbocycles. The molecule has 1 aliphatic rings. The van der Waals surface area contributed by atoms with Gasteiger partial charge >= 0.3 is 0 Å². The van der Waals surface area contributed by atoms with Crippen LogP contribution in [0.1, 0.15) is 37.8 Å². The second-order valence-electron chi connectivity index (χ2n) is 8.57. The van der Waals surface area contributed by atoms with Crippen molar-refractivity contribution in [3.8, 4) is 5.69 Å². The normalized spacial score (nSPS) is 15.6. The summed E-state index contributed by atoms with van der Waals surface area (Å²) in [6.45, 7) is 7.32. The summed E-state index contributed by atoms with van der Waals surface area (Å²) < 4.78 is 1.67. The van der Waals surface area contributed by atoms with Gasteiger partial charge in [0, 0.05) is 43.8 Å². The van der Waals surface area contributed by atoms with Gasteiger partial charge in [-0.2, -0.15) is 0 Å². The molecular weight excluding hydrogens is 396 g/mol. The van der Waals surface area contributed by atoms with Crippen LogP contribution in [0.15, 0.2) is 77.4 Å². The lowest BCUT2D eigenvalue weighted by atomic mass is 10.0. The highest BCUT2D eigenvalue weighted by molar-refractivity contribution is 5.52. The van der Waals surface area contributed by atoms with E-state index in [0.717, 1.165) is 44.6 Å². The largest absolute Gasteiger partial charge is 0.363 e. The molecule has 1 saturated heterocycles. The lowest BCUT2D eigenvalue weighted by Crippen LogP contribution is -2.41. The lowest BCUT2D eigenvalue weighted by molar-refractivity contribution is 0.236. The predicted octanol–water partition coefficient (Wildman–Crippen LogP) is 4.77. The molecule has 1 aliphatic heterocycles. The smallest absolute Gasteiger partial charge is 0.297 e. The van der Waals surface area contributed by atoms with Crippen LogP contribution in [0, 0.1) is 0 Å². The van der Waals surface area contributed by atoms with Crippen LogP contribution >= 0.6 is 0 Å². The van der Waals surface area contributed by atoms with Crippen molar-refractivity contribution in [1.82, 2.24) is 14.5 Å². The molecule has 0 bridgehead atoms. The van der Waals surface area contributed by atoms with Crippen molar-refractivity contribution in [2.24, 2.45) is 0 Å². The fourth-order valence-corrected chi connectivity index (χ4v) is 4.27. The van der Waals surface area contributed by atoms with Crippen LogP contribution in [0.2, 0.25) is 0 Å². The minimum Gasteiger partial charge on any atom is -0.363 e. The van der Waals surface area contributed by atoms with Crippen molar-refractivity contribution in [2.75, 3.05) is 25.0 Å². The summed E-state index contributed by atoms with van der Waals surface area (Å²) >= 11 is 0. The molecular formula is C27H32N4O. The average Bonchev–Trinajstić information content (AvgIpc) is 2.82. The Labute approximate surface area is 190 Å². The summed E-state index contributed by atoms with van der Waals surface area (Å²) in [5, 5.41) is 3.41. The van der Waals surface area contributed by atoms with Crippen LogP contribution in [0.25, 0.3) is 11.8 Å². The van der Waals surface area contributed by atoms with Gasteiger partial charge in [0.25, 0.3) is 5.56 Å². The maximum absolute atomic E-state index is 13.0. The van der Waals surface area contributed by atoms with Gasteiger partial charge in [0.05, 0.1) is 0 Å². The molecule has 4 rings (SSSR count). The van der Waals surface area contributed by atoms with Crippen LogP contribution in [0.5, 0.6) is 0 Å². The first-order chi connectivity index (χ1) is 15.6. The SMILES string of the molecule is CCc1ccc(-n2ccnc(NC3CCN(C/C(C)=C/c4ccccc4)CC3)c2=O)cc1. The first-order valence-corrected chi connectivity index (χ1v) is 11.5. The van der Waals surface area contributed by atoms with E-state index in [-0.39, 0.29) is 11.6 Å². The van der Waals surface area contributed by atoms with Crippen molar-refractivity contribution < 1.29 is 0 Å². The van der Waals surface area contributed by atoms with Gasteiger partial charge in [-0.25, -0.2) is 4.98 Å². The van der Waals surface area contributed by atoms with E-state index < -0.39 is 0 Å². The summed E-state index contributed by atoms with van der Waals surface area (Å²) in [6.07, 6.45) is 8.68. The Morgan fingerprint density at radius 3 is 2.50 bits per heavy atom. The molecule has 0 aliphatic carbocycles. The molecule has 0 saturated carbocycles. The zero-order valence-corrected chi connectivity index (χ0v) is 19.0. The number of rotatable bonds is 7. The summed E-state index contributed by atoms with van der Waals surface area (Å²) in [7, 11) is 0. The van der Waals surface area contributed by atoms with E-state index in [2.05, 4.69) is 71.5 Å². The fourth-order valence-electron chi connectivity index (χ4n) is 4.27. The van der Waals surface area contributed by atoms with Gasteiger partial charge < -0.3 is 5.32 Å². The maximum atomic E-state index is 13.0. The topological polar surface area (TPSA) is 50.2 Å². The number of piperidine rings is 1. The Morgan fingerprint density at radius 1 is 1.09 bits per heavy atom. The van der Waals surface area contributed by atoms with Gasteiger partial charge in [0.1, 0.15) is 0 Å². The van der Waals surface area contributed by atoms with Gasteiger partial charge in [0.15, 0.2) is 5.82 Å². The Kier molecular flexibility index (Phi) is 7.17. The Balaban J connectivity index is 1.35. The molecule has 5 heteroatoms. The molecule has 1 aromatic heterocycles. The predicted molar refractivity (Wildman–Crippen MR) is 132 cm³/mol. The van der Waals surface area contributed by atoms with Crippen molar-refractivity contribution in [2.45, 2.75) is 39.2 Å². The van der Waals surface area contributed by atoms with E-state index in [1.165, 1.54) is 16.7 Å². The van der Waals surface area contributed by atoms with Gasteiger partial charge in [0.2, 0.25) is 0 Å². The number of nitrogens with one attached hydrogen (secondary N) is 1. The number of aromatic nitrogens is 2. The number of benzene rings is 2. The molecule has 2 heterocycles. The van der Waals surface area contributed by atoms with Crippen molar-refractivity contribution >= 4 is 11.9 Å². The molecule has 32 heavy (non-hydrogen) atoms. The van der Waals surface area contributed by atoms with E-state index in [9.17, 15) is 4.79 Å². The molecule has 5 nitrogen and oxygen atoms in total. The third-order valence-electron chi connectivity index (χ3n) is 6.08. The zero-order valence-electron chi connectivity index (χ0n) is 19.0. The van der Waals surface area contributed by atoms with E-state index in [4.69, 9.17) is 0 Å². The van der Waals surface area contributed by atoms with Crippen molar-refractivity contribution in [3.05, 3.63) is 94.0 Å². The third kappa shape index (κ3) is 5.54. The van der Waals surface area contributed by atoms with Gasteiger partial charge in [-0.05, 0) is 49.4 Å². The highest BCUT2D eigenvalue weighted by atomic mass is 16.1. The van der Waals surface area contributed by atoms with E-state index >= 15 is 0 Å². The number of aryl methyl sites for hydroxylation is 1. The Hall–Kier alpha value is -3.18. The summed E-state index contributed by atoms with van der Waals surface area (Å²) in [5.41, 5.74) is 4.64. The molecule has 0 amide bonds. The van der Waals surface area contributed by atoms with E-state index in [0.29, 0.717) is 5.82 Å². The van der Waals surface area contributed by atoms with Crippen LogP contribution in [-0.2, 0) is 6.42 Å². The van der Waals surface area contributed by atoms with Gasteiger partial charge in [-0.3, -0.25) is 14.3 Å². The summed E-state index contributed by atoms with van der Waals surface area (Å²) in [6, 6.07) is 18.9. The fraction of sp³-hybridized carbons (Fsp3) is 0.333. The quantitative estimate of drug-likeness (QED) is 0.589. The monoisotopic (exact) mass is 428 g/mol. The summed E-state index contributed by atoms with van der Waals surface area (Å²) in [5.74, 6) is 0.436. The molecule has 166 valence electrons. The standard InChI is InChI=1S/C27H32N4O/c1-3-22-9-11-25(12-10-22)31-18-15-28-26(27(31)32)29-24-13-16-30(17-14-24)20-21(2)19-23-7-5-4-6-8-23/h4-12,15,18-19,24H,3,13-14,16-17,20H2,1-2H3,(H,28,29)/b21-19+. The van der Waals surface area contributed by atoms with Crippen LogP contribution in [0.3, 0.4) is 0 Å². The van der Waals surface area contributed by atoms with Crippen molar-refractivity contribution in [1.29, 1.82) is 0 Å². The van der Waals surface area contributed by atoms with E-state index in [1.54, 1.807) is 17.0 Å². The summed E-state index contributed by atoms with van der Waals surface area (Å²) in [4.78, 5) is 19.8. The minimum absolute atomic E-state index is 0.0965. The van der Waals surface area contributed by atoms with Gasteiger partial charge in [-0.15, -0.1) is 0 Å². The highest BCUT2D eigenvalue weighted by Gasteiger charge is 2.20. The lowest BCUT2D eigenvalue weighted by Gasteiger charge is -2.32. The second kappa shape index (κ2) is 10.4. The second-order valence-corrected chi connectivity index (χ2v) is 8.57. The molecule has 0 atom stereocenters. The van der Waals surface area contributed by atoms with E-state index in [1.807, 2.05) is 18.2 Å². The van der Waals surface area contributed by atoms with Crippen LogP contribution < -0.4 is 10.9 Å². The first kappa shape index (κ1) is 22.0. The number of anilines is 1. The maximum Gasteiger partial charge on any atom is 0.297 e. The molecule has 1 fully saturated rings. The van der Waals surface area contributed by atoms with Crippen LogP contribution in [0.4, 0.5) is 5.82 Å². The number of likely N-dealkylation sites (tertiary alicyclic amines) is 1. The third-order valence-corrected chi connectivity index (χ3v) is 6.08. The molecule has 3 aromatic rings. The number of nitrogens with zero attached hydrogens (tertiary/aromatic N) is 3. The van der Waals surface area contributed by atoms with Gasteiger partial charge in [-0.1, -0.05) is 61.0 Å². The minimum atomic E-state index is -0.0965. The average molecular weight is 429 g/mol. The van der Waals surface area contributed by atoms with Crippen molar-refractivity contribution in [3.63, 3.8) is 0 Å². The highest BCUT2D eigenvalue weighted by Crippen LogP contribution is 2.16. The molecule has 1 N–H and O–H groups in total. The number of hydrogen-bond acceptors (Lipinski definition) is 4. The molecule has 0 unspecified atom stereocenters. The van der Waals surface area contributed by atoms with Crippen LogP contribution in [-0.4, -0.2) is 40.1 Å². The Bertz CT molecular complexity index is 1090. The zero-order chi connectivity index (χ0) is 22.3.